The van der Waals surface area contributed by atoms with E-state index in [-0.39, 0.29) is 5.78 Å². The number of carbonyl (C=O) groups is 1. The molecule has 1 aliphatic carbocycles. The molecule has 2 rings (SSSR count). The molecule has 0 radical (unpaired) electrons. The van der Waals surface area contributed by atoms with E-state index in [9.17, 15) is 4.79 Å². The lowest BCUT2D eigenvalue weighted by Crippen LogP contribution is -2.37. The van der Waals surface area contributed by atoms with Gasteiger partial charge < -0.3 is 4.98 Å². The molecule has 0 aromatic carbocycles. The lowest BCUT2D eigenvalue weighted by Gasteiger charge is -2.26. The molecule has 88 valence electrons. The Balaban J connectivity index is 1.93. The predicted octanol–water partition coefficient (Wildman–Crippen LogP) is 2.46. The van der Waals surface area contributed by atoms with E-state index < -0.39 is 0 Å². The zero-order valence-corrected chi connectivity index (χ0v) is 9.91. The molecule has 1 fully saturated rings. The zero-order valence-electron chi connectivity index (χ0n) is 9.91. The van der Waals surface area contributed by atoms with Crippen LogP contribution in [-0.2, 0) is 0 Å². The van der Waals surface area contributed by atoms with Crippen LogP contribution in [0.15, 0.2) is 18.3 Å². The highest BCUT2D eigenvalue weighted by Gasteiger charge is 2.23. The van der Waals surface area contributed by atoms with Crippen molar-refractivity contribution < 1.29 is 4.79 Å². The van der Waals surface area contributed by atoms with Gasteiger partial charge in [-0.15, -0.1) is 0 Å². The fourth-order valence-corrected chi connectivity index (χ4v) is 2.54. The van der Waals surface area contributed by atoms with Crippen LogP contribution in [0.5, 0.6) is 0 Å². The highest BCUT2D eigenvalue weighted by Crippen LogP contribution is 2.23. The van der Waals surface area contributed by atoms with Gasteiger partial charge in [-0.1, -0.05) is 19.8 Å². The first-order valence-corrected chi connectivity index (χ1v) is 6.22. The summed E-state index contributed by atoms with van der Waals surface area (Å²) < 4.78 is 0. The van der Waals surface area contributed by atoms with Gasteiger partial charge in [0.2, 0.25) is 0 Å². The number of nitrogens with zero attached hydrogens (tertiary/aromatic N) is 1. The molecule has 0 aliphatic heterocycles. The molecule has 1 aliphatic rings. The Morgan fingerprint density at radius 2 is 2.25 bits per heavy atom. The summed E-state index contributed by atoms with van der Waals surface area (Å²) >= 11 is 0. The van der Waals surface area contributed by atoms with Gasteiger partial charge in [0.25, 0.3) is 0 Å². The number of likely N-dealkylation sites (N-methyl/N-ethyl adjacent to an activating group) is 1. The van der Waals surface area contributed by atoms with Crippen molar-refractivity contribution >= 4 is 5.78 Å². The Morgan fingerprint density at radius 1 is 1.50 bits per heavy atom. The first-order valence-electron chi connectivity index (χ1n) is 6.22. The number of carbonyl (C=O) groups excluding carboxylic acids is 1. The summed E-state index contributed by atoms with van der Waals surface area (Å²) in [7, 11) is 0. The van der Waals surface area contributed by atoms with Crippen LogP contribution >= 0.6 is 0 Å². The van der Waals surface area contributed by atoms with Crippen molar-refractivity contribution in [2.75, 3.05) is 13.1 Å². The number of hydrogen-bond donors (Lipinski definition) is 1. The number of aromatic amines is 1. The molecule has 3 nitrogen and oxygen atoms in total. The molecule has 3 heteroatoms. The van der Waals surface area contributed by atoms with Crippen LogP contribution in [0.25, 0.3) is 0 Å². The van der Waals surface area contributed by atoms with E-state index in [1.54, 1.807) is 6.20 Å². The molecule has 1 aromatic rings. The van der Waals surface area contributed by atoms with E-state index >= 15 is 0 Å². The predicted molar refractivity (Wildman–Crippen MR) is 64.6 cm³/mol. The first kappa shape index (κ1) is 11.4. The fourth-order valence-electron chi connectivity index (χ4n) is 2.54. The average molecular weight is 220 g/mol. The molecular weight excluding hydrogens is 200 g/mol. The number of Topliss-reactive ketones (excluding diaryl/α,β-unsaturated/α-hetero) is 1. The molecule has 1 aromatic heterocycles. The van der Waals surface area contributed by atoms with Gasteiger partial charge in [-0.3, -0.25) is 9.69 Å². The molecule has 0 bridgehead atoms. The van der Waals surface area contributed by atoms with Crippen molar-refractivity contribution in [2.24, 2.45) is 0 Å². The maximum absolute atomic E-state index is 12.0. The molecule has 1 saturated carbocycles. The van der Waals surface area contributed by atoms with Gasteiger partial charge >= 0.3 is 0 Å². The fraction of sp³-hybridized carbons (Fsp3) is 0.615. The van der Waals surface area contributed by atoms with Crippen molar-refractivity contribution in [3.8, 4) is 0 Å². The topological polar surface area (TPSA) is 36.1 Å². The Hall–Kier alpha value is -1.09. The highest BCUT2D eigenvalue weighted by atomic mass is 16.1. The summed E-state index contributed by atoms with van der Waals surface area (Å²) in [6.07, 6.45) is 6.95. The summed E-state index contributed by atoms with van der Waals surface area (Å²) in [5, 5.41) is 0. The molecule has 1 N–H and O–H groups in total. The van der Waals surface area contributed by atoms with Gasteiger partial charge in [0.05, 0.1) is 12.2 Å². The lowest BCUT2D eigenvalue weighted by atomic mass is 10.2. The molecule has 0 unspecified atom stereocenters. The maximum atomic E-state index is 12.0. The van der Waals surface area contributed by atoms with Crippen LogP contribution in [-0.4, -0.2) is 34.8 Å². The third-order valence-electron chi connectivity index (χ3n) is 3.49. The van der Waals surface area contributed by atoms with E-state index in [0.29, 0.717) is 12.6 Å². The van der Waals surface area contributed by atoms with Crippen molar-refractivity contribution in [3.63, 3.8) is 0 Å². The zero-order chi connectivity index (χ0) is 11.4. The largest absolute Gasteiger partial charge is 0.359 e. The van der Waals surface area contributed by atoms with Crippen molar-refractivity contribution in [1.29, 1.82) is 0 Å². The normalized spacial score (nSPS) is 17.1. The maximum Gasteiger partial charge on any atom is 0.192 e. The second-order valence-electron chi connectivity index (χ2n) is 4.51. The molecule has 16 heavy (non-hydrogen) atoms. The van der Waals surface area contributed by atoms with Crippen LogP contribution in [0.4, 0.5) is 0 Å². The minimum absolute atomic E-state index is 0.207. The number of aromatic nitrogens is 1. The van der Waals surface area contributed by atoms with Crippen LogP contribution in [0.3, 0.4) is 0 Å². The minimum Gasteiger partial charge on any atom is -0.359 e. The lowest BCUT2D eigenvalue weighted by molar-refractivity contribution is 0.0895. The van der Waals surface area contributed by atoms with E-state index in [1.807, 2.05) is 12.1 Å². The first-order chi connectivity index (χ1) is 7.81. The Bertz CT molecular complexity index is 326. The number of rotatable bonds is 5. The Morgan fingerprint density at radius 3 is 2.81 bits per heavy atom. The smallest absolute Gasteiger partial charge is 0.192 e. The van der Waals surface area contributed by atoms with Gasteiger partial charge in [0.1, 0.15) is 0 Å². The summed E-state index contributed by atoms with van der Waals surface area (Å²) in [6, 6.07) is 4.35. The number of H-pyrrole nitrogens is 1. The second-order valence-corrected chi connectivity index (χ2v) is 4.51. The van der Waals surface area contributed by atoms with Gasteiger partial charge in [-0.2, -0.15) is 0 Å². The summed E-state index contributed by atoms with van der Waals surface area (Å²) in [5.41, 5.74) is 0.733. The van der Waals surface area contributed by atoms with E-state index in [0.717, 1.165) is 12.2 Å². The summed E-state index contributed by atoms with van der Waals surface area (Å²) in [4.78, 5) is 17.3. The average Bonchev–Trinajstić information content (AvgIpc) is 2.96. The quantitative estimate of drug-likeness (QED) is 0.774. The Kier molecular flexibility index (Phi) is 3.78. The van der Waals surface area contributed by atoms with Gasteiger partial charge in [-0.05, 0) is 31.5 Å². The van der Waals surface area contributed by atoms with Crippen molar-refractivity contribution in [3.05, 3.63) is 24.0 Å². The van der Waals surface area contributed by atoms with Crippen molar-refractivity contribution in [2.45, 2.75) is 38.6 Å². The SMILES string of the molecule is CCN(CC(=O)c1ccc[nH]1)C1CCCC1. The highest BCUT2D eigenvalue weighted by molar-refractivity contribution is 5.95. The molecule has 0 amide bonds. The molecule has 1 heterocycles. The van der Waals surface area contributed by atoms with Gasteiger partial charge in [0.15, 0.2) is 5.78 Å². The minimum atomic E-state index is 0.207. The molecule has 0 atom stereocenters. The summed E-state index contributed by atoms with van der Waals surface area (Å²) in [5.74, 6) is 0.207. The number of hydrogen-bond acceptors (Lipinski definition) is 2. The van der Waals surface area contributed by atoms with E-state index in [1.165, 1.54) is 25.7 Å². The molecular formula is C13H20N2O. The second kappa shape index (κ2) is 5.30. The van der Waals surface area contributed by atoms with Gasteiger partial charge in [0, 0.05) is 12.2 Å². The van der Waals surface area contributed by atoms with Crippen molar-refractivity contribution in [1.82, 2.24) is 9.88 Å². The van der Waals surface area contributed by atoms with Crippen LogP contribution < -0.4 is 0 Å². The van der Waals surface area contributed by atoms with Gasteiger partial charge in [-0.25, -0.2) is 0 Å². The van der Waals surface area contributed by atoms with E-state index in [4.69, 9.17) is 0 Å². The molecule has 0 spiro atoms. The number of ketones is 1. The summed E-state index contributed by atoms with van der Waals surface area (Å²) in [6.45, 7) is 3.67. The monoisotopic (exact) mass is 220 g/mol. The Labute approximate surface area is 96.8 Å². The third kappa shape index (κ3) is 2.53. The third-order valence-corrected chi connectivity index (χ3v) is 3.49. The van der Waals surface area contributed by atoms with Crippen LogP contribution in [0.1, 0.15) is 43.1 Å². The van der Waals surface area contributed by atoms with Crippen LogP contribution in [0, 0.1) is 0 Å². The van der Waals surface area contributed by atoms with Crippen LogP contribution in [0.2, 0.25) is 0 Å². The molecule has 0 saturated heterocycles. The van der Waals surface area contributed by atoms with E-state index in [2.05, 4.69) is 16.8 Å². The standard InChI is InChI=1S/C13H20N2O/c1-2-15(11-6-3-4-7-11)10-13(16)12-8-5-9-14-12/h5,8-9,11,14H,2-4,6-7,10H2,1H3. The number of nitrogens with one attached hydrogen (secondary N) is 1.